The van der Waals surface area contributed by atoms with E-state index in [-0.39, 0.29) is 17.9 Å². The second-order valence-corrected chi connectivity index (χ2v) is 5.91. The van der Waals surface area contributed by atoms with Gasteiger partial charge in [0.25, 0.3) is 5.91 Å². The summed E-state index contributed by atoms with van der Waals surface area (Å²) in [4.78, 5) is 12.7. The van der Waals surface area contributed by atoms with Crippen molar-refractivity contribution in [2.24, 2.45) is 5.41 Å². The average Bonchev–Trinajstić information content (AvgIpc) is 2.29. The molecule has 0 aromatic heterocycles. The number of thiol groups is 1. The average molecular weight is 288 g/mol. The van der Waals surface area contributed by atoms with E-state index < -0.39 is 0 Å². The van der Waals surface area contributed by atoms with Crippen LogP contribution in [-0.4, -0.2) is 24.2 Å². The van der Waals surface area contributed by atoms with Gasteiger partial charge in [0.2, 0.25) is 0 Å². The fraction of sp³-hybridized carbons (Fsp3) is 0.462. The Morgan fingerprint density at radius 1 is 1.50 bits per heavy atom. The second-order valence-electron chi connectivity index (χ2n) is 4.98. The lowest BCUT2D eigenvalue weighted by molar-refractivity contribution is 0.0928. The molecule has 0 spiro atoms. The third-order valence-corrected chi connectivity index (χ3v) is 3.32. The molecule has 1 aromatic carbocycles. The molecule has 0 heterocycles. The zero-order chi connectivity index (χ0) is 13.8. The van der Waals surface area contributed by atoms with E-state index in [1.165, 1.54) is 0 Å². The molecule has 1 amide bonds. The summed E-state index contributed by atoms with van der Waals surface area (Å²) < 4.78 is 0. The number of halogens is 1. The third-order valence-electron chi connectivity index (χ3n) is 2.71. The van der Waals surface area contributed by atoms with Crippen molar-refractivity contribution in [1.82, 2.24) is 5.32 Å². The second kappa shape index (κ2) is 6.45. The lowest BCUT2D eigenvalue weighted by Crippen LogP contribution is -2.34. The van der Waals surface area contributed by atoms with Crippen molar-refractivity contribution in [1.29, 1.82) is 0 Å². The van der Waals surface area contributed by atoms with Gasteiger partial charge in [-0.3, -0.25) is 4.79 Å². The summed E-state index contributed by atoms with van der Waals surface area (Å²) >= 11 is 10.2. The molecule has 0 fully saturated rings. The Balaban J connectivity index is 2.69. The van der Waals surface area contributed by atoms with E-state index in [1.54, 1.807) is 18.2 Å². The number of hydrogen-bond acceptors (Lipinski definition) is 3. The lowest BCUT2D eigenvalue weighted by atomic mass is 9.89. The van der Waals surface area contributed by atoms with E-state index >= 15 is 0 Å². The summed E-state index contributed by atoms with van der Waals surface area (Å²) in [7, 11) is 0. The van der Waals surface area contributed by atoms with Crippen LogP contribution >= 0.6 is 24.2 Å². The minimum absolute atomic E-state index is 0.107. The van der Waals surface area contributed by atoms with Gasteiger partial charge in [0.15, 0.2) is 0 Å². The normalized spacial score (nSPS) is 11.4. The van der Waals surface area contributed by atoms with Crippen molar-refractivity contribution in [2.45, 2.75) is 25.2 Å². The summed E-state index contributed by atoms with van der Waals surface area (Å²) in [5.74, 6) is -0.220. The first-order valence-electron chi connectivity index (χ1n) is 5.73. The van der Waals surface area contributed by atoms with Crippen LogP contribution in [0.15, 0.2) is 23.1 Å². The van der Waals surface area contributed by atoms with Crippen molar-refractivity contribution >= 4 is 30.1 Å². The number of nitrogens with one attached hydrogen (secondary N) is 1. The third kappa shape index (κ3) is 4.52. The van der Waals surface area contributed by atoms with E-state index in [0.29, 0.717) is 28.4 Å². The highest BCUT2D eigenvalue weighted by Crippen LogP contribution is 2.21. The van der Waals surface area contributed by atoms with Crippen molar-refractivity contribution < 1.29 is 9.90 Å². The van der Waals surface area contributed by atoms with E-state index in [1.807, 2.05) is 13.8 Å². The Kier molecular flexibility index (Phi) is 5.50. The molecular formula is C13H18ClNO2S. The molecule has 0 radical (unpaired) electrons. The quantitative estimate of drug-likeness (QED) is 0.730. The van der Waals surface area contributed by atoms with Gasteiger partial charge in [0.1, 0.15) is 0 Å². The smallest absolute Gasteiger partial charge is 0.252 e. The van der Waals surface area contributed by atoms with Gasteiger partial charge in [-0.25, -0.2) is 0 Å². The number of rotatable bonds is 5. The van der Waals surface area contributed by atoms with Gasteiger partial charge in [0, 0.05) is 18.0 Å². The first-order valence-corrected chi connectivity index (χ1v) is 6.56. The van der Waals surface area contributed by atoms with Crippen molar-refractivity contribution in [3.8, 4) is 0 Å². The molecule has 0 aliphatic carbocycles. The number of benzene rings is 1. The summed E-state index contributed by atoms with van der Waals surface area (Å²) in [6.07, 6.45) is 0.633. The van der Waals surface area contributed by atoms with Crippen LogP contribution in [0.2, 0.25) is 5.02 Å². The monoisotopic (exact) mass is 287 g/mol. The maximum absolute atomic E-state index is 12.0. The van der Waals surface area contributed by atoms with Gasteiger partial charge >= 0.3 is 0 Å². The Morgan fingerprint density at radius 3 is 2.78 bits per heavy atom. The molecule has 0 bridgehead atoms. The highest BCUT2D eigenvalue weighted by atomic mass is 35.5. The zero-order valence-corrected chi connectivity index (χ0v) is 12.2. The summed E-state index contributed by atoms with van der Waals surface area (Å²) in [6.45, 7) is 4.57. The Hall–Kier alpha value is -0.710. The standard InChI is InChI=1S/C13H18ClNO2S/c1-13(2,5-6-16)8-15-12(17)10-7-9(18)3-4-11(10)14/h3-4,7,16,18H,5-6,8H2,1-2H3,(H,15,17). The Labute approximate surface area is 118 Å². The molecule has 100 valence electrons. The van der Waals surface area contributed by atoms with Crippen LogP contribution < -0.4 is 5.32 Å². The predicted octanol–water partition coefficient (Wildman–Crippen LogP) is 2.77. The van der Waals surface area contributed by atoms with Gasteiger partial charge < -0.3 is 10.4 Å². The molecule has 1 rings (SSSR count). The Bertz CT molecular complexity index is 435. The number of carbonyl (C=O) groups is 1. The Morgan fingerprint density at radius 2 is 2.17 bits per heavy atom. The number of hydrogen-bond donors (Lipinski definition) is 3. The summed E-state index contributed by atoms with van der Waals surface area (Å²) in [5.41, 5.74) is 0.277. The molecule has 0 saturated carbocycles. The van der Waals surface area contributed by atoms with Gasteiger partial charge in [-0.1, -0.05) is 25.4 Å². The van der Waals surface area contributed by atoms with Crippen LogP contribution in [0.5, 0.6) is 0 Å². The van der Waals surface area contributed by atoms with E-state index in [9.17, 15) is 4.79 Å². The van der Waals surface area contributed by atoms with Crippen molar-refractivity contribution in [3.05, 3.63) is 28.8 Å². The van der Waals surface area contributed by atoms with Crippen LogP contribution in [0.3, 0.4) is 0 Å². The summed E-state index contributed by atoms with van der Waals surface area (Å²) in [5, 5.41) is 12.2. The number of aliphatic hydroxyl groups is 1. The topological polar surface area (TPSA) is 49.3 Å². The molecule has 0 unspecified atom stereocenters. The SMILES string of the molecule is CC(C)(CCO)CNC(=O)c1cc(S)ccc1Cl. The highest BCUT2D eigenvalue weighted by Gasteiger charge is 2.19. The molecule has 0 saturated heterocycles. The maximum atomic E-state index is 12.0. The molecular weight excluding hydrogens is 270 g/mol. The maximum Gasteiger partial charge on any atom is 0.252 e. The van der Waals surface area contributed by atoms with Crippen LogP contribution in [0.1, 0.15) is 30.6 Å². The first kappa shape index (κ1) is 15.3. The predicted molar refractivity (Wildman–Crippen MR) is 76.5 cm³/mol. The zero-order valence-electron chi connectivity index (χ0n) is 10.5. The van der Waals surface area contributed by atoms with E-state index in [4.69, 9.17) is 16.7 Å². The fourth-order valence-electron chi connectivity index (χ4n) is 1.49. The van der Waals surface area contributed by atoms with Crippen LogP contribution in [0, 0.1) is 5.41 Å². The van der Waals surface area contributed by atoms with Crippen molar-refractivity contribution in [3.63, 3.8) is 0 Å². The van der Waals surface area contributed by atoms with Gasteiger partial charge in [-0.05, 0) is 30.0 Å². The number of aliphatic hydroxyl groups excluding tert-OH is 1. The highest BCUT2D eigenvalue weighted by molar-refractivity contribution is 7.80. The molecule has 1 aromatic rings. The van der Waals surface area contributed by atoms with Crippen LogP contribution in [0.4, 0.5) is 0 Å². The van der Waals surface area contributed by atoms with Crippen molar-refractivity contribution in [2.75, 3.05) is 13.2 Å². The molecule has 0 aliphatic heterocycles. The van der Waals surface area contributed by atoms with Crippen LogP contribution in [-0.2, 0) is 0 Å². The first-order chi connectivity index (χ1) is 8.35. The van der Waals surface area contributed by atoms with E-state index in [2.05, 4.69) is 17.9 Å². The summed E-state index contributed by atoms with van der Waals surface area (Å²) in [6, 6.07) is 5.02. The lowest BCUT2D eigenvalue weighted by Gasteiger charge is -2.23. The molecule has 0 aliphatic rings. The van der Waals surface area contributed by atoms with E-state index in [0.717, 1.165) is 0 Å². The number of amides is 1. The van der Waals surface area contributed by atoms with Crippen LogP contribution in [0.25, 0.3) is 0 Å². The molecule has 0 atom stereocenters. The number of carbonyl (C=O) groups excluding carboxylic acids is 1. The molecule has 18 heavy (non-hydrogen) atoms. The van der Waals surface area contributed by atoms with Gasteiger partial charge in [0.05, 0.1) is 10.6 Å². The molecule has 2 N–H and O–H groups in total. The van der Waals surface area contributed by atoms with Gasteiger partial charge in [-0.2, -0.15) is 0 Å². The fourth-order valence-corrected chi connectivity index (χ4v) is 1.90. The molecule has 5 heteroatoms. The molecule has 3 nitrogen and oxygen atoms in total. The van der Waals surface area contributed by atoms with Gasteiger partial charge in [-0.15, -0.1) is 12.6 Å². The minimum Gasteiger partial charge on any atom is -0.396 e. The largest absolute Gasteiger partial charge is 0.396 e. The minimum atomic E-state index is -0.220.